The lowest BCUT2D eigenvalue weighted by molar-refractivity contribution is -0.122. The molecule has 0 aliphatic heterocycles. The molecule has 21 heavy (non-hydrogen) atoms. The lowest BCUT2D eigenvalue weighted by atomic mass is 10.4. The van der Waals surface area contributed by atoms with Crippen LogP contribution in [0.2, 0.25) is 0 Å². The molecule has 2 aromatic heterocycles. The van der Waals surface area contributed by atoms with Gasteiger partial charge in [0.25, 0.3) is 5.95 Å². The number of nitrogens with zero attached hydrogens (tertiary/aromatic N) is 5. The summed E-state index contributed by atoms with van der Waals surface area (Å²) in [5, 5.41) is 9.89. The van der Waals surface area contributed by atoms with Crippen molar-refractivity contribution in [1.82, 2.24) is 30.0 Å². The van der Waals surface area contributed by atoms with Gasteiger partial charge >= 0.3 is 0 Å². The molecular weight excluding hydrogens is 272 g/mol. The van der Waals surface area contributed by atoms with Crippen LogP contribution in [0.1, 0.15) is 12.8 Å². The second-order valence-corrected chi connectivity index (χ2v) is 4.76. The highest BCUT2D eigenvalue weighted by atomic mass is 16.2. The van der Waals surface area contributed by atoms with Crippen LogP contribution < -0.4 is 16.4 Å². The summed E-state index contributed by atoms with van der Waals surface area (Å²) < 4.78 is 1.50. The number of nitrogens with two attached hydrogens (primary N) is 1. The van der Waals surface area contributed by atoms with Gasteiger partial charge in [-0.3, -0.25) is 4.79 Å². The Balaban J connectivity index is 1.56. The monoisotopic (exact) mass is 288 g/mol. The van der Waals surface area contributed by atoms with Gasteiger partial charge in [0.2, 0.25) is 17.8 Å². The van der Waals surface area contributed by atoms with Crippen molar-refractivity contribution in [3.8, 4) is 5.95 Å². The predicted molar refractivity (Wildman–Crippen MR) is 75.6 cm³/mol. The first-order chi connectivity index (χ1) is 10.2. The van der Waals surface area contributed by atoms with E-state index < -0.39 is 0 Å². The normalized spacial score (nSPS) is 13.9. The van der Waals surface area contributed by atoms with Gasteiger partial charge in [-0.05, 0) is 18.9 Å². The summed E-state index contributed by atoms with van der Waals surface area (Å²) in [5.41, 5.74) is 5.65. The summed E-state index contributed by atoms with van der Waals surface area (Å²) in [4.78, 5) is 23.7. The van der Waals surface area contributed by atoms with Crippen molar-refractivity contribution >= 4 is 17.8 Å². The molecule has 2 heterocycles. The third-order valence-corrected chi connectivity index (χ3v) is 3.01. The van der Waals surface area contributed by atoms with Gasteiger partial charge in [-0.2, -0.15) is 20.1 Å². The van der Waals surface area contributed by atoms with Crippen LogP contribution in [0.15, 0.2) is 18.5 Å². The van der Waals surface area contributed by atoms with Crippen LogP contribution in [0.3, 0.4) is 0 Å². The molecule has 0 radical (unpaired) electrons. The summed E-state index contributed by atoms with van der Waals surface area (Å²) >= 11 is 0. The molecule has 9 nitrogen and oxygen atoms in total. The van der Waals surface area contributed by atoms with Crippen molar-refractivity contribution in [2.75, 3.05) is 24.1 Å². The fourth-order valence-corrected chi connectivity index (χ4v) is 1.80. The minimum Gasteiger partial charge on any atom is -0.368 e. The van der Waals surface area contributed by atoms with Crippen molar-refractivity contribution in [3.63, 3.8) is 0 Å². The summed E-state index contributed by atoms with van der Waals surface area (Å²) in [7, 11) is 0. The van der Waals surface area contributed by atoms with Crippen molar-refractivity contribution in [2.45, 2.75) is 12.8 Å². The molecule has 4 N–H and O–H groups in total. The minimum absolute atomic E-state index is 0.111. The van der Waals surface area contributed by atoms with Crippen LogP contribution >= 0.6 is 0 Å². The number of carbonyl (C=O) groups is 1. The van der Waals surface area contributed by atoms with Crippen molar-refractivity contribution in [3.05, 3.63) is 18.5 Å². The topological polar surface area (TPSA) is 124 Å². The fraction of sp³-hybridized carbons (Fsp3) is 0.417. The molecule has 1 fully saturated rings. The van der Waals surface area contributed by atoms with Gasteiger partial charge in [0, 0.05) is 31.4 Å². The van der Waals surface area contributed by atoms with Gasteiger partial charge in [0.1, 0.15) is 0 Å². The Labute approximate surface area is 121 Å². The zero-order valence-corrected chi connectivity index (χ0v) is 11.4. The van der Waals surface area contributed by atoms with Crippen LogP contribution in [0.4, 0.5) is 11.9 Å². The van der Waals surface area contributed by atoms with Gasteiger partial charge in [-0.25, -0.2) is 4.68 Å². The van der Waals surface area contributed by atoms with E-state index in [1.54, 1.807) is 18.5 Å². The number of rotatable bonds is 6. The van der Waals surface area contributed by atoms with Crippen molar-refractivity contribution in [2.24, 2.45) is 5.92 Å². The number of hydrogen-bond acceptors (Lipinski definition) is 7. The van der Waals surface area contributed by atoms with Gasteiger partial charge in [0.05, 0.1) is 0 Å². The molecule has 0 unspecified atom stereocenters. The van der Waals surface area contributed by atoms with E-state index in [4.69, 9.17) is 5.73 Å². The molecule has 1 amide bonds. The molecule has 0 spiro atoms. The highest BCUT2D eigenvalue weighted by Crippen LogP contribution is 2.28. The summed E-state index contributed by atoms with van der Waals surface area (Å²) in [6.45, 7) is 1.03. The maximum absolute atomic E-state index is 11.5. The third-order valence-electron chi connectivity index (χ3n) is 3.01. The van der Waals surface area contributed by atoms with E-state index in [1.165, 1.54) is 4.68 Å². The SMILES string of the molecule is Nc1nc(NCCNC(=O)C2CC2)nc(-n2cccn2)n1. The molecule has 0 aromatic carbocycles. The van der Waals surface area contributed by atoms with E-state index in [0.29, 0.717) is 25.0 Å². The molecule has 0 atom stereocenters. The third kappa shape index (κ3) is 3.44. The Hall–Kier alpha value is -2.71. The zero-order chi connectivity index (χ0) is 14.7. The number of aromatic nitrogens is 5. The second kappa shape index (κ2) is 5.73. The molecule has 0 bridgehead atoms. The minimum atomic E-state index is 0.111. The molecule has 9 heteroatoms. The molecule has 1 aliphatic carbocycles. The summed E-state index contributed by atoms with van der Waals surface area (Å²) in [5.74, 6) is 1.14. The average Bonchev–Trinajstić information content (AvgIpc) is 3.17. The smallest absolute Gasteiger partial charge is 0.257 e. The highest BCUT2D eigenvalue weighted by molar-refractivity contribution is 5.80. The van der Waals surface area contributed by atoms with E-state index in [2.05, 4.69) is 30.7 Å². The van der Waals surface area contributed by atoms with E-state index in [9.17, 15) is 4.79 Å². The second-order valence-electron chi connectivity index (χ2n) is 4.76. The number of carbonyl (C=O) groups excluding carboxylic acids is 1. The maximum Gasteiger partial charge on any atom is 0.257 e. The quantitative estimate of drug-likeness (QED) is 0.616. The Morgan fingerprint density at radius 2 is 2.19 bits per heavy atom. The molecule has 2 aromatic rings. The van der Waals surface area contributed by atoms with Gasteiger partial charge in [-0.1, -0.05) is 0 Å². The Morgan fingerprint density at radius 1 is 1.33 bits per heavy atom. The van der Waals surface area contributed by atoms with Crippen LogP contribution in [0.25, 0.3) is 5.95 Å². The standard InChI is InChI=1S/C12H16N8O/c13-10-17-11(15-6-5-14-9(21)8-2-3-8)19-12(18-10)20-7-1-4-16-20/h1,4,7-8H,2-3,5-6H2,(H,14,21)(H3,13,15,17,18,19). The molecule has 1 aliphatic rings. The van der Waals surface area contributed by atoms with E-state index >= 15 is 0 Å². The first-order valence-corrected chi connectivity index (χ1v) is 6.75. The fourth-order valence-electron chi connectivity index (χ4n) is 1.80. The number of nitrogen functional groups attached to an aromatic ring is 1. The van der Waals surface area contributed by atoms with Gasteiger partial charge in [-0.15, -0.1) is 0 Å². The van der Waals surface area contributed by atoms with E-state index in [-0.39, 0.29) is 17.8 Å². The Bertz CT molecular complexity index is 622. The summed E-state index contributed by atoms with van der Waals surface area (Å²) in [6.07, 6.45) is 5.34. The maximum atomic E-state index is 11.5. The van der Waals surface area contributed by atoms with Crippen molar-refractivity contribution in [1.29, 1.82) is 0 Å². The highest BCUT2D eigenvalue weighted by Gasteiger charge is 2.28. The lowest BCUT2D eigenvalue weighted by Gasteiger charge is -2.08. The van der Waals surface area contributed by atoms with E-state index in [0.717, 1.165) is 12.8 Å². The molecule has 3 rings (SSSR count). The predicted octanol–water partition coefficient (Wildman–Crippen LogP) is -0.422. The molecule has 1 saturated carbocycles. The number of anilines is 2. The first-order valence-electron chi connectivity index (χ1n) is 6.75. The Kier molecular flexibility index (Phi) is 3.63. The van der Waals surface area contributed by atoms with Gasteiger partial charge < -0.3 is 16.4 Å². The molecular formula is C12H16N8O. The van der Waals surface area contributed by atoms with E-state index in [1.807, 2.05) is 0 Å². The summed E-state index contributed by atoms with van der Waals surface area (Å²) in [6, 6.07) is 1.76. The average molecular weight is 288 g/mol. The molecule has 0 saturated heterocycles. The Morgan fingerprint density at radius 3 is 2.90 bits per heavy atom. The number of amides is 1. The van der Waals surface area contributed by atoms with Crippen LogP contribution in [-0.4, -0.2) is 43.7 Å². The van der Waals surface area contributed by atoms with Crippen LogP contribution in [-0.2, 0) is 4.79 Å². The zero-order valence-electron chi connectivity index (χ0n) is 11.4. The number of hydrogen-bond donors (Lipinski definition) is 3. The van der Waals surface area contributed by atoms with Gasteiger partial charge in [0.15, 0.2) is 0 Å². The first kappa shape index (κ1) is 13.3. The van der Waals surface area contributed by atoms with Crippen molar-refractivity contribution < 1.29 is 4.79 Å². The van der Waals surface area contributed by atoms with Crippen LogP contribution in [0, 0.1) is 5.92 Å². The largest absolute Gasteiger partial charge is 0.368 e. The van der Waals surface area contributed by atoms with Crippen LogP contribution in [0.5, 0.6) is 0 Å². The lowest BCUT2D eigenvalue weighted by Crippen LogP contribution is -2.30. The molecule has 110 valence electrons. The number of nitrogens with one attached hydrogen (secondary N) is 2.